The monoisotopic (exact) mass is 378 g/mol. The van der Waals surface area contributed by atoms with Gasteiger partial charge in [-0.15, -0.1) is 0 Å². The molecule has 0 aliphatic carbocycles. The minimum absolute atomic E-state index is 0.118. The van der Waals surface area contributed by atoms with Crippen LogP contribution in [0.5, 0.6) is 0 Å². The Morgan fingerprint density at radius 2 is 1.81 bits per heavy atom. The third-order valence-corrected chi connectivity index (χ3v) is 5.00. The maximum absolute atomic E-state index is 14.2. The molecule has 0 bridgehead atoms. The number of hydrazine groups is 1. The molecule has 1 atom stereocenters. The average molecular weight is 380 g/mol. The van der Waals surface area contributed by atoms with Crippen LogP contribution >= 0.6 is 27.5 Å². The number of hydrogen-bond donors (Lipinski definition) is 2. The van der Waals surface area contributed by atoms with Crippen LogP contribution in [0, 0.1) is 5.82 Å². The van der Waals surface area contributed by atoms with Crippen LogP contribution in [0.3, 0.4) is 0 Å². The topological polar surface area (TPSA) is 38.0 Å². The second kappa shape index (κ2) is 10.5. The van der Waals surface area contributed by atoms with Crippen molar-refractivity contribution in [2.75, 3.05) is 0 Å². The molecule has 0 fully saturated rings. The van der Waals surface area contributed by atoms with Gasteiger partial charge in [-0.2, -0.15) is 0 Å². The number of rotatable bonds is 10. The molecule has 0 heterocycles. The van der Waals surface area contributed by atoms with Gasteiger partial charge in [-0.1, -0.05) is 69.5 Å². The van der Waals surface area contributed by atoms with Crippen LogP contribution in [-0.4, -0.2) is 0 Å². The standard InChI is InChI=1S/C16H25BrClFN2/c1-2-3-4-5-6-7-8-9-14(21-20)12-10-11-13(17)15(18)16(12)19/h10-11,14,21H,2-9,20H2,1H3. The summed E-state index contributed by atoms with van der Waals surface area (Å²) in [5.41, 5.74) is 3.24. The van der Waals surface area contributed by atoms with Crippen LogP contribution in [-0.2, 0) is 0 Å². The Hall–Kier alpha value is -0.160. The number of halogens is 3. The lowest BCUT2D eigenvalue weighted by Gasteiger charge is -2.18. The molecule has 2 nitrogen and oxygen atoms in total. The van der Waals surface area contributed by atoms with Crippen molar-refractivity contribution in [1.82, 2.24) is 5.43 Å². The van der Waals surface area contributed by atoms with E-state index in [0.29, 0.717) is 10.0 Å². The summed E-state index contributed by atoms with van der Waals surface area (Å²) in [6.07, 6.45) is 9.43. The summed E-state index contributed by atoms with van der Waals surface area (Å²) >= 11 is 9.15. The van der Waals surface area contributed by atoms with Gasteiger partial charge in [0.15, 0.2) is 0 Å². The maximum Gasteiger partial charge on any atom is 0.147 e. The maximum atomic E-state index is 14.2. The van der Waals surface area contributed by atoms with Crippen molar-refractivity contribution >= 4 is 27.5 Å². The van der Waals surface area contributed by atoms with Crippen LogP contribution in [0.25, 0.3) is 0 Å². The molecule has 0 radical (unpaired) electrons. The van der Waals surface area contributed by atoms with Gasteiger partial charge in [0.05, 0.1) is 5.02 Å². The van der Waals surface area contributed by atoms with E-state index < -0.39 is 5.82 Å². The highest BCUT2D eigenvalue weighted by Crippen LogP contribution is 2.31. The fraction of sp³-hybridized carbons (Fsp3) is 0.625. The Morgan fingerprint density at radius 1 is 1.19 bits per heavy atom. The third kappa shape index (κ3) is 6.23. The fourth-order valence-corrected chi connectivity index (χ4v) is 2.92. The molecule has 1 aromatic rings. The quantitative estimate of drug-likeness (QED) is 0.230. The largest absolute Gasteiger partial charge is 0.271 e. The van der Waals surface area contributed by atoms with Crippen LogP contribution in [0.15, 0.2) is 16.6 Å². The minimum atomic E-state index is -0.392. The first-order valence-corrected chi connectivity index (χ1v) is 8.88. The smallest absolute Gasteiger partial charge is 0.147 e. The molecule has 1 rings (SSSR count). The summed E-state index contributed by atoms with van der Waals surface area (Å²) in [4.78, 5) is 0. The molecule has 21 heavy (non-hydrogen) atoms. The third-order valence-electron chi connectivity index (χ3n) is 3.74. The molecule has 1 unspecified atom stereocenters. The zero-order chi connectivity index (χ0) is 15.7. The van der Waals surface area contributed by atoms with Crippen molar-refractivity contribution in [2.24, 2.45) is 5.84 Å². The van der Waals surface area contributed by atoms with E-state index in [-0.39, 0.29) is 11.1 Å². The molecule has 1 aromatic carbocycles. The number of nitrogens with two attached hydrogens (primary N) is 1. The molecule has 3 N–H and O–H groups in total. The van der Waals surface area contributed by atoms with Gasteiger partial charge < -0.3 is 0 Å². The molecule has 0 aromatic heterocycles. The number of hydrogen-bond acceptors (Lipinski definition) is 2. The van der Waals surface area contributed by atoms with E-state index in [1.807, 2.05) is 0 Å². The van der Waals surface area contributed by atoms with E-state index in [9.17, 15) is 4.39 Å². The van der Waals surface area contributed by atoms with Gasteiger partial charge in [0.25, 0.3) is 0 Å². The predicted octanol–water partition coefficient (Wildman–Crippen LogP) is 5.89. The van der Waals surface area contributed by atoms with Gasteiger partial charge in [0, 0.05) is 16.1 Å². The molecule has 0 saturated heterocycles. The highest BCUT2D eigenvalue weighted by Gasteiger charge is 2.17. The van der Waals surface area contributed by atoms with Crippen LogP contribution in [0.1, 0.15) is 69.9 Å². The molecule has 120 valence electrons. The molecular weight excluding hydrogens is 355 g/mol. The minimum Gasteiger partial charge on any atom is -0.271 e. The summed E-state index contributed by atoms with van der Waals surface area (Å²) in [5, 5.41) is 0.118. The molecule has 0 aliphatic heterocycles. The molecule has 0 saturated carbocycles. The van der Waals surface area contributed by atoms with Crippen molar-refractivity contribution < 1.29 is 4.39 Å². The summed E-state index contributed by atoms with van der Waals surface area (Å²) < 4.78 is 14.7. The van der Waals surface area contributed by atoms with E-state index >= 15 is 0 Å². The Bertz CT molecular complexity index is 429. The number of benzene rings is 1. The second-order valence-electron chi connectivity index (χ2n) is 5.39. The van der Waals surface area contributed by atoms with Crippen molar-refractivity contribution in [3.05, 3.63) is 33.0 Å². The van der Waals surface area contributed by atoms with Gasteiger partial charge in [-0.3, -0.25) is 11.3 Å². The number of nitrogens with one attached hydrogen (secondary N) is 1. The van der Waals surface area contributed by atoms with Crippen LogP contribution in [0.2, 0.25) is 5.02 Å². The Kier molecular flexibility index (Phi) is 9.49. The van der Waals surface area contributed by atoms with Crippen LogP contribution < -0.4 is 11.3 Å². The molecule has 0 aliphatic rings. The SMILES string of the molecule is CCCCCCCCCC(NN)c1ccc(Br)c(Cl)c1F. The molecule has 0 spiro atoms. The van der Waals surface area contributed by atoms with Gasteiger partial charge in [0.2, 0.25) is 0 Å². The predicted molar refractivity (Wildman–Crippen MR) is 91.8 cm³/mol. The van der Waals surface area contributed by atoms with Crippen molar-refractivity contribution in [3.63, 3.8) is 0 Å². The van der Waals surface area contributed by atoms with Gasteiger partial charge in [0.1, 0.15) is 5.82 Å². The summed E-state index contributed by atoms with van der Waals surface area (Å²) in [6, 6.07) is 3.30. The van der Waals surface area contributed by atoms with Crippen molar-refractivity contribution in [3.8, 4) is 0 Å². The highest BCUT2D eigenvalue weighted by molar-refractivity contribution is 9.10. The van der Waals surface area contributed by atoms with E-state index in [1.165, 1.54) is 32.1 Å². The molecule has 5 heteroatoms. The zero-order valence-electron chi connectivity index (χ0n) is 12.6. The van der Waals surface area contributed by atoms with Gasteiger partial charge in [-0.05, 0) is 28.4 Å². The molecule has 0 amide bonds. The zero-order valence-corrected chi connectivity index (χ0v) is 14.9. The second-order valence-corrected chi connectivity index (χ2v) is 6.63. The van der Waals surface area contributed by atoms with Crippen LogP contribution in [0.4, 0.5) is 4.39 Å². The Labute approximate surface area is 140 Å². The number of unbranched alkanes of at least 4 members (excludes halogenated alkanes) is 6. The summed E-state index contributed by atoms with van der Waals surface area (Å²) in [5.74, 6) is 5.18. The lowest BCUT2D eigenvalue weighted by molar-refractivity contribution is 0.456. The van der Waals surface area contributed by atoms with E-state index in [4.69, 9.17) is 17.4 Å². The summed E-state index contributed by atoms with van der Waals surface area (Å²) in [6.45, 7) is 2.22. The van der Waals surface area contributed by atoms with Crippen molar-refractivity contribution in [1.29, 1.82) is 0 Å². The lowest BCUT2D eigenvalue weighted by Crippen LogP contribution is -2.28. The highest BCUT2D eigenvalue weighted by atomic mass is 79.9. The Balaban J connectivity index is 2.43. The average Bonchev–Trinajstić information content (AvgIpc) is 2.49. The first-order valence-electron chi connectivity index (χ1n) is 7.71. The normalized spacial score (nSPS) is 12.6. The van der Waals surface area contributed by atoms with E-state index in [1.54, 1.807) is 12.1 Å². The van der Waals surface area contributed by atoms with Gasteiger partial charge >= 0.3 is 0 Å². The van der Waals surface area contributed by atoms with Crippen molar-refractivity contribution in [2.45, 2.75) is 64.3 Å². The van der Waals surface area contributed by atoms with Gasteiger partial charge in [-0.25, -0.2) is 4.39 Å². The van der Waals surface area contributed by atoms with E-state index in [2.05, 4.69) is 28.3 Å². The summed E-state index contributed by atoms with van der Waals surface area (Å²) in [7, 11) is 0. The lowest BCUT2D eigenvalue weighted by atomic mass is 9.99. The molecular formula is C16H25BrClFN2. The first-order chi connectivity index (χ1) is 10.1. The fourth-order valence-electron chi connectivity index (χ4n) is 2.44. The van der Waals surface area contributed by atoms with E-state index in [0.717, 1.165) is 19.3 Å². The Morgan fingerprint density at radius 3 is 2.43 bits per heavy atom. The first kappa shape index (κ1) is 18.9.